The van der Waals surface area contributed by atoms with Crippen molar-refractivity contribution in [3.8, 4) is 6.07 Å². The lowest BCUT2D eigenvalue weighted by molar-refractivity contribution is 0.392. The van der Waals surface area contributed by atoms with Crippen molar-refractivity contribution in [2.75, 3.05) is 0 Å². The highest BCUT2D eigenvalue weighted by Gasteiger charge is 1.92. The molecule has 1 aromatic heterocycles. The van der Waals surface area contributed by atoms with Gasteiger partial charge in [-0.05, 0) is 0 Å². The third-order valence-corrected chi connectivity index (χ3v) is 0.665. The van der Waals surface area contributed by atoms with E-state index in [0.717, 1.165) is 0 Å². The summed E-state index contributed by atoms with van der Waals surface area (Å²) >= 11 is 0. The van der Waals surface area contributed by atoms with E-state index in [2.05, 4.69) is 14.9 Å². The molecule has 0 aliphatic rings. The first-order valence-electron chi connectivity index (χ1n) is 2.06. The van der Waals surface area contributed by atoms with Crippen LogP contribution < -0.4 is 0 Å². The van der Waals surface area contributed by atoms with Gasteiger partial charge >= 0.3 is 0 Å². The van der Waals surface area contributed by atoms with E-state index in [1.54, 1.807) is 0 Å². The van der Waals surface area contributed by atoms with Crippen LogP contribution in [-0.4, -0.2) is 10.4 Å². The minimum atomic E-state index is 0.267. The molecule has 0 bridgehead atoms. The Morgan fingerprint density at radius 1 is 1.88 bits per heavy atom. The maximum atomic E-state index is 8.08. The summed E-state index contributed by atoms with van der Waals surface area (Å²) in [5.41, 5.74) is 0.576. The molecule has 0 amide bonds. The number of nitriles is 1. The van der Waals surface area contributed by atoms with E-state index in [1.165, 1.54) is 6.26 Å². The normalized spacial score (nSPS) is 8.38. The molecule has 1 heterocycles. The van der Waals surface area contributed by atoms with Crippen LogP contribution in [0.1, 0.15) is 5.69 Å². The molecule has 0 saturated carbocycles. The third kappa shape index (κ3) is 0.819. The fourth-order valence-electron chi connectivity index (χ4n) is 0.342. The molecule has 1 rings (SSSR count). The van der Waals surface area contributed by atoms with E-state index in [0.29, 0.717) is 5.69 Å². The zero-order valence-electron chi connectivity index (χ0n) is 4.03. The van der Waals surface area contributed by atoms with Gasteiger partial charge in [0.2, 0.25) is 0 Å². The molecule has 0 spiro atoms. The van der Waals surface area contributed by atoms with E-state index < -0.39 is 0 Å². The van der Waals surface area contributed by atoms with Crippen LogP contribution in [0.25, 0.3) is 0 Å². The van der Waals surface area contributed by atoms with Crippen LogP contribution in [0, 0.1) is 11.3 Å². The molecule has 0 atom stereocenters. The predicted molar refractivity (Wildman–Crippen MR) is 23.6 cm³/mol. The largest absolute Gasteiger partial charge is 0.345 e. The first kappa shape index (κ1) is 4.78. The molecular formula is C4H3N3O. The van der Waals surface area contributed by atoms with Crippen LogP contribution in [-0.2, 0) is 6.42 Å². The molecule has 0 saturated heterocycles. The molecule has 0 aliphatic carbocycles. The molecule has 4 nitrogen and oxygen atoms in total. The topological polar surface area (TPSA) is 62.7 Å². The quantitative estimate of drug-likeness (QED) is 0.514. The second kappa shape index (κ2) is 2.07. The van der Waals surface area contributed by atoms with Crippen molar-refractivity contribution in [2.24, 2.45) is 0 Å². The van der Waals surface area contributed by atoms with E-state index in [9.17, 15) is 0 Å². The summed E-state index contributed by atoms with van der Waals surface area (Å²) < 4.78 is 4.35. The van der Waals surface area contributed by atoms with Gasteiger partial charge < -0.3 is 4.52 Å². The number of rotatable bonds is 1. The number of hydrogen-bond donors (Lipinski definition) is 0. The molecule has 0 aliphatic heterocycles. The third-order valence-electron chi connectivity index (χ3n) is 0.665. The van der Waals surface area contributed by atoms with Crippen LogP contribution in [0.2, 0.25) is 0 Å². The Labute approximate surface area is 45.7 Å². The Bertz CT molecular complexity index is 186. The standard InChI is InChI=1S/C4H3N3O/c5-2-1-4-3-8-7-6-4/h3H,1H2. The van der Waals surface area contributed by atoms with Gasteiger partial charge in [-0.3, -0.25) is 0 Å². The Hall–Kier alpha value is -1.37. The SMILES string of the molecule is N#CCc1conn1. The summed E-state index contributed by atoms with van der Waals surface area (Å²) in [7, 11) is 0. The van der Waals surface area contributed by atoms with Crippen molar-refractivity contribution in [1.82, 2.24) is 10.4 Å². The monoisotopic (exact) mass is 109 g/mol. The lowest BCUT2D eigenvalue weighted by atomic mass is 10.4. The second-order valence-corrected chi connectivity index (χ2v) is 1.23. The Kier molecular flexibility index (Phi) is 1.24. The smallest absolute Gasteiger partial charge is 0.148 e. The Morgan fingerprint density at radius 2 is 2.75 bits per heavy atom. The number of aromatic nitrogens is 2. The molecule has 40 valence electrons. The van der Waals surface area contributed by atoms with Crippen molar-refractivity contribution in [3.63, 3.8) is 0 Å². The van der Waals surface area contributed by atoms with Crippen LogP contribution in [0.15, 0.2) is 10.8 Å². The molecule has 0 N–H and O–H groups in total. The van der Waals surface area contributed by atoms with Gasteiger partial charge in [-0.25, -0.2) is 0 Å². The van der Waals surface area contributed by atoms with Crippen LogP contribution in [0.5, 0.6) is 0 Å². The minimum absolute atomic E-state index is 0.267. The van der Waals surface area contributed by atoms with E-state index in [-0.39, 0.29) is 6.42 Å². The second-order valence-electron chi connectivity index (χ2n) is 1.23. The summed E-state index contributed by atoms with van der Waals surface area (Å²) in [5.74, 6) is 0. The molecule has 0 fully saturated rings. The highest BCUT2D eigenvalue weighted by Crippen LogP contribution is 1.89. The van der Waals surface area contributed by atoms with Gasteiger partial charge in [-0.1, -0.05) is 0 Å². The van der Waals surface area contributed by atoms with Crippen molar-refractivity contribution < 1.29 is 4.52 Å². The maximum absolute atomic E-state index is 8.08. The van der Waals surface area contributed by atoms with Gasteiger partial charge in [0.05, 0.1) is 12.5 Å². The van der Waals surface area contributed by atoms with Crippen LogP contribution in [0.3, 0.4) is 0 Å². The van der Waals surface area contributed by atoms with Gasteiger partial charge in [0, 0.05) is 5.27 Å². The van der Waals surface area contributed by atoms with Crippen LogP contribution in [0.4, 0.5) is 0 Å². The molecule has 0 radical (unpaired) electrons. The fraction of sp³-hybridized carbons (Fsp3) is 0.250. The van der Waals surface area contributed by atoms with E-state index in [1.807, 2.05) is 6.07 Å². The van der Waals surface area contributed by atoms with E-state index in [4.69, 9.17) is 5.26 Å². The van der Waals surface area contributed by atoms with Gasteiger partial charge in [0.15, 0.2) is 0 Å². The van der Waals surface area contributed by atoms with Crippen molar-refractivity contribution in [1.29, 1.82) is 5.26 Å². The summed E-state index contributed by atoms with van der Waals surface area (Å²) in [4.78, 5) is 0. The lowest BCUT2D eigenvalue weighted by Gasteiger charge is -1.70. The molecule has 1 aromatic rings. The van der Waals surface area contributed by atoms with E-state index >= 15 is 0 Å². The van der Waals surface area contributed by atoms with Gasteiger partial charge in [-0.15, -0.1) is 5.10 Å². The summed E-state index contributed by atoms with van der Waals surface area (Å²) in [5, 5.41) is 14.7. The summed E-state index contributed by atoms with van der Waals surface area (Å²) in [6.07, 6.45) is 1.62. The predicted octanol–water partition coefficient (Wildman–Crippen LogP) is 0.136. The molecule has 0 aromatic carbocycles. The van der Waals surface area contributed by atoms with Crippen molar-refractivity contribution >= 4 is 0 Å². The van der Waals surface area contributed by atoms with Crippen molar-refractivity contribution in [2.45, 2.75) is 6.42 Å². The molecule has 4 heteroatoms. The van der Waals surface area contributed by atoms with Crippen molar-refractivity contribution in [3.05, 3.63) is 12.0 Å². The zero-order valence-corrected chi connectivity index (χ0v) is 4.03. The Balaban J connectivity index is 2.67. The number of hydrogen-bond acceptors (Lipinski definition) is 4. The Morgan fingerprint density at radius 3 is 3.25 bits per heavy atom. The first-order chi connectivity index (χ1) is 3.93. The highest BCUT2D eigenvalue weighted by atomic mass is 16.5. The molecule has 0 unspecified atom stereocenters. The summed E-state index contributed by atoms with van der Waals surface area (Å²) in [6, 6.07) is 1.91. The van der Waals surface area contributed by atoms with Gasteiger partial charge in [0.1, 0.15) is 12.0 Å². The summed E-state index contributed by atoms with van der Waals surface area (Å²) in [6.45, 7) is 0. The maximum Gasteiger partial charge on any atom is 0.148 e. The average Bonchev–Trinajstić information content (AvgIpc) is 2.19. The van der Waals surface area contributed by atoms with Crippen LogP contribution >= 0.6 is 0 Å². The van der Waals surface area contributed by atoms with Gasteiger partial charge in [0.25, 0.3) is 0 Å². The first-order valence-corrected chi connectivity index (χ1v) is 2.06. The fourth-order valence-corrected chi connectivity index (χ4v) is 0.342. The average molecular weight is 109 g/mol. The molecule has 8 heavy (non-hydrogen) atoms. The molecular weight excluding hydrogens is 106 g/mol. The lowest BCUT2D eigenvalue weighted by Crippen LogP contribution is -1.78. The zero-order chi connectivity index (χ0) is 5.82. The van der Waals surface area contributed by atoms with Gasteiger partial charge in [-0.2, -0.15) is 5.26 Å². The number of nitrogens with zero attached hydrogens (tertiary/aromatic N) is 3. The minimum Gasteiger partial charge on any atom is -0.345 e. The highest BCUT2D eigenvalue weighted by molar-refractivity contribution is 4.96.